The van der Waals surface area contributed by atoms with Crippen molar-refractivity contribution in [2.45, 2.75) is 30.5 Å². The van der Waals surface area contributed by atoms with E-state index in [-0.39, 0.29) is 19.0 Å². The number of allylic oxidation sites excluding steroid dienone is 1. The van der Waals surface area contributed by atoms with Crippen molar-refractivity contribution in [2.24, 2.45) is 0 Å². The minimum atomic E-state index is -0.633. The second-order valence-electron chi connectivity index (χ2n) is 9.05. The lowest BCUT2D eigenvalue weighted by Crippen LogP contribution is -2.29. The van der Waals surface area contributed by atoms with Crippen LogP contribution >= 0.6 is 35.0 Å². The number of ether oxygens (including phenoxy) is 2. The Morgan fingerprint density at radius 2 is 1.85 bits per heavy atom. The largest absolute Gasteiger partial charge is 0.489 e. The lowest BCUT2D eigenvalue weighted by Gasteiger charge is -2.28. The van der Waals surface area contributed by atoms with Gasteiger partial charge in [-0.15, -0.1) is 5.10 Å². The number of thioether (sulfide) groups is 1. The van der Waals surface area contributed by atoms with Crippen LogP contribution in [0.2, 0.25) is 10.0 Å². The Labute approximate surface area is 251 Å². The molecule has 1 atom stereocenters. The number of nitrogens with zero attached hydrogens (tertiary/aromatic N) is 3. The Morgan fingerprint density at radius 3 is 2.56 bits per heavy atom. The molecule has 11 heteroatoms. The Kier molecular flexibility index (Phi) is 8.97. The number of hydrogen-bond acceptors (Lipinski definition) is 7. The predicted molar refractivity (Wildman–Crippen MR) is 159 cm³/mol. The summed E-state index contributed by atoms with van der Waals surface area (Å²) in [6.45, 7) is 5.67. The molecule has 0 aliphatic carbocycles. The molecule has 1 aromatic heterocycles. The zero-order valence-corrected chi connectivity index (χ0v) is 24.3. The first-order chi connectivity index (χ1) is 19.9. The number of rotatable bonds is 10. The van der Waals surface area contributed by atoms with Gasteiger partial charge in [0.15, 0.2) is 0 Å². The van der Waals surface area contributed by atoms with Crippen LogP contribution in [0.4, 0.5) is 10.3 Å². The fourth-order valence-corrected chi connectivity index (χ4v) is 5.63. The zero-order valence-electron chi connectivity index (χ0n) is 21.9. The molecule has 4 aromatic rings. The van der Waals surface area contributed by atoms with Gasteiger partial charge in [0.1, 0.15) is 30.8 Å². The molecule has 0 amide bonds. The van der Waals surface area contributed by atoms with Gasteiger partial charge in [0.25, 0.3) is 0 Å². The topological polar surface area (TPSA) is 78.3 Å². The molecule has 0 bridgehead atoms. The second-order valence-corrected chi connectivity index (χ2v) is 10.8. The molecule has 0 fully saturated rings. The first-order valence-electron chi connectivity index (χ1n) is 12.6. The Hall–Kier alpha value is -3.79. The standard InChI is InChI=1S/C30H25Cl2FN4O3S/c1-3-15-39-28(38)26-18(2)34-29-35-30(41-17-20-7-4-5-10-25(20)33)36-37(29)27(26)19-11-13-21(14-12-19)40-16-22-23(31)8-6-9-24(22)32/h3-14,27H,1,15-17H2,2H3,(H,34,35,36). The lowest BCUT2D eigenvalue weighted by molar-refractivity contribution is -0.138. The smallest absolute Gasteiger partial charge is 0.338 e. The molecule has 7 nitrogen and oxygen atoms in total. The lowest BCUT2D eigenvalue weighted by atomic mass is 9.96. The van der Waals surface area contributed by atoms with Gasteiger partial charge >= 0.3 is 5.97 Å². The van der Waals surface area contributed by atoms with Crippen LogP contribution in [0.1, 0.15) is 29.7 Å². The molecular formula is C30H25Cl2FN4O3S. The molecule has 3 aromatic carbocycles. The van der Waals surface area contributed by atoms with E-state index < -0.39 is 12.0 Å². The highest BCUT2D eigenvalue weighted by Gasteiger charge is 2.35. The fourth-order valence-electron chi connectivity index (χ4n) is 4.31. The van der Waals surface area contributed by atoms with E-state index in [0.717, 1.165) is 5.56 Å². The predicted octanol–water partition coefficient (Wildman–Crippen LogP) is 7.61. The third kappa shape index (κ3) is 6.43. The summed E-state index contributed by atoms with van der Waals surface area (Å²) < 4.78 is 27.1. The normalized spacial score (nSPS) is 14.3. The maximum atomic E-state index is 14.2. The van der Waals surface area contributed by atoms with E-state index in [4.69, 9.17) is 32.7 Å². The number of nitrogens with one attached hydrogen (secondary N) is 1. The van der Waals surface area contributed by atoms with Gasteiger partial charge in [-0.25, -0.2) is 13.9 Å². The average Bonchev–Trinajstić information content (AvgIpc) is 3.37. The highest BCUT2D eigenvalue weighted by atomic mass is 35.5. The summed E-state index contributed by atoms with van der Waals surface area (Å²) in [6, 6.07) is 18.5. The average molecular weight is 612 g/mol. The summed E-state index contributed by atoms with van der Waals surface area (Å²) >= 11 is 13.8. The molecule has 1 aliphatic rings. The molecular weight excluding hydrogens is 586 g/mol. The molecule has 210 valence electrons. The molecule has 0 radical (unpaired) electrons. The monoisotopic (exact) mass is 610 g/mol. The van der Waals surface area contributed by atoms with E-state index in [9.17, 15) is 9.18 Å². The van der Waals surface area contributed by atoms with Gasteiger partial charge in [-0.05, 0) is 48.4 Å². The highest BCUT2D eigenvalue weighted by molar-refractivity contribution is 7.98. The van der Waals surface area contributed by atoms with Crippen LogP contribution < -0.4 is 10.1 Å². The van der Waals surface area contributed by atoms with Gasteiger partial charge in [0, 0.05) is 27.1 Å². The van der Waals surface area contributed by atoms with Crippen LogP contribution in [0.15, 0.2) is 95.8 Å². The summed E-state index contributed by atoms with van der Waals surface area (Å²) in [6.07, 6.45) is 1.51. The minimum absolute atomic E-state index is 0.0632. The van der Waals surface area contributed by atoms with Crippen molar-refractivity contribution >= 4 is 46.9 Å². The molecule has 1 aliphatic heterocycles. The van der Waals surface area contributed by atoms with Crippen molar-refractivity contribution in [3.05, 3.63) is 123 Å². The van der Waals surface area contributed by atoms with Gasteiger partial charge < -0.3 is 14.8 Å². The maximum Gasteiger partial charge on any atom is 0.338 e. The summed E-state index contributed by atoms with van der Waals surface area (Å²) in [4.78, 5) is 17.8. The van der Waals surface area contributed by atoms with E-state index in [0.29, 0.717) is 55.0 Å². The van der Waals surface area contributed by atoms with Gasteiger partial charge in [-0.1, -0.05) is 84.0 Å². The molecule has 0 spiro atoms. The van der Waals surface area contributed by atoms with Crippen molar-refractivity contribution < 1.29 is 18.7 Å². The number of hydrogen-bond donors (Lipinski definition) is 1. The molecule has 2 heterocycles. The van der Waals surface area contributed by atoms with Gasteiger partial charge in [-0.3, -0.25) is 0 Å². The Balaban J connectivity index is 1.42. The van der Waals surface area contributed by atoms with Crippen molar-refractivity contribution in [3.8, 4) is 5.75 Å². The first kappa shape index (κ1) is 28.7. The van der Waals surface area contributed by atoms with Crippen LogP contribution in [0.5, 0.6) is 5.75 Å². The molecule has 41 heavy (non-hydrogen) atoms. The third-order valence-corrected chi connectivity index (χ3v) is 7.94. The number of carbonyl (C=O) groups is 1. The Morgan fingerprint density at radius 1 is 1.12 bits per heavy atom. The van der Waals surface area contributed by atoms with E-state index in [2.05, 4.69) is 22.0 Å². The van der Waals surface area contributed by atoms with Crippen molar-refractivity contribution in [2.75, 3.05) is 11.9 Å². The number of halogens is 3. The number of carbonyl (C=O) groups excluding carboxylic acids is 1. The molecule has 1 N–H and O–H groups in total. The van der Waals surface area contributed by atoms with Crippen molar-refractivity contribution in [1.29, 1.82) is 0 Å². The molecule has 0 saturated heterocycles. The first-order valence-corrected chi connectivity index (χ1v) is 14.3. The summed E-state index contributed by atoms with van der Waals surface area (Å²) in [5.41, 5.74) is 2.97. The van der Waals surface area contributed by atoms with E-state index in [1.165, 1.54) is 23.9 Å². The SMILES string of the molecule is C=CCOC(=O)C1=C(C)Nc2nc(SCc3ccccc3F)nn2C1c1ccc(OCc2c(Cl)cccc2Cl)cc1. The summed E-state index contributed by atoms with van der Waals surface area (Å²) in [5.74, 6) is 0.606. The van der Waals surface area contributed by atoms with E-state index >= 15 is 0 Å². The number of esters is 1. The van der Waals surface area contributed by atoms with Crippen LogP contribution in [0.3, 0.4) is 0 Å². The minimum Gasteiger partial charge on any atom is -0.489 e. The molecule has 1 unspecified atom stereocenters. The van der Waals surface area contributed by atoms with Crippen molar-refractivity contribution in [1.82, 2.24) is 14.8 Å². The second kappa shape index (κ2) is 12.8. The van der Waals surface area contributed by atoms with E-state index in [1.54, 1.807) is 60.1 Å². The van der Waals surface area contributed by atoms with Gasteiger partial charge in [0.05, 0.1) is 5.57 Å². The fraction of sp³-hybridized carbons (Fsp3) is 0.167. The highest BCUT2D eigenvalue weighted by Crippen LogP contribution is 2.38. The van der Waals surface area contributed by atoms with Crippen molar-refractivity contribution in [3.63, 3.8) is 0 Å². The molecule has 0 saturated carbocycles. The number of benzene rings is 3. The summed E-state index contributed by atoms with van der Waals surface area (Å²) in [7, 11) is 0. The number of aromatic nitrogens is 3. The third-order valence-electron chi connectivity index (χ3n) is 6.34. The zero-order chi connectivity index (χ0) is 28.9. The summed E-state index contributed by atoms with van der Waals surface area (Å²) in [5, 5.41) is 9.32. The van der Waals surface area contributed by atoms with Crippen LogP contribution in [-0.4, -0.2) is 27.3 Å². The maximum absolute atomic E-state index is 14.2. The number of fused-ring (bicyclic) bond motifs is 1. The van der Waals surface area contributed by atoms with E-state index in [1.807, 2.05) is 12.1 Å². The van der Waals surface area contributed by atoms with Crippen LogP contribution in [0.25, 0.3) is 0 Å². The van der Waals surface area contributed by atoms with Gasteiger partial charge in [0.2, 0.25) is 11.1 Å². The van der Waals surface area contributed by atoms with Crippen LogP contribution in [-0.2, 0) is 21.9 Å². The number of anilines is 1. The quantitative estimate of drug-likeness (QED) is 0.112. The van der Waals surface area contributed by atoms with Gasteiger partial charge in [-0.2, -0.15) is 4.98 Å². The molecule has 5 rings (SSSR count). The Bertz CT molecular complexity index is 1600. The van der Waals surface area contributed by atoms with Crippen LogP contribution in [0, 0.1) is 5.82 Å².